The summed E-state index contributed by atoms with van der Waals surface area (Å²) in [5, 5.41) is 10.3. The van der Waals surface area contributed by atoms with Gasteiger partial charge in [0.05, 0.1) is 16.4 Å². The number of rotatable bonds is 7. The van der Waals surface area contributed by atoms with Gasteiger partial charge in [-0.1, -0.05) is 36.9 Å². The van der Waals surface area contributed by atoms with Gasteiger partial charge in [-0.3, -0.25) is 24.6 Å². The molecule has 0 atom stereocenters. The zero-order chi connectivity index (χ0) is 20.1. The normalized spacial score (nSPS) is 15.1. The molecule has 1 aliphatic rings. The van der Waals surface area contributed by atoms with Crippen LogP contribution in [-0.2, 0) is 11.3 Å². The molecule has 0 N–H and O–H groups in total. The molecule has 142 valence electrons. The van der Waals surface area contributed by atoms with E-state index < -0.39 is 4.92 Å². The van der Waals surface area contributed by atoms with Crippen molar-refractivity contribution in [2.45, 2.75) is 6.54 Å². The second kappa shape index (κ2) is 8.53. The van der Waals surface area contributed by atoms with Gasteiger partial charge in [-0.15, -0.1) is 0 Å². The van der Waals surface area contributed by atoms with Crippen molar-refractivity contribution < 1.29 is 19.2 Å². The Hall–Kier alpha value is -3.39. The lowest BCUT2D eigenvalue weighted by Crippen LogP contribution is -2.27. The van der Waals surface area contributed by atoms with E-state index in [1.165, 1.54) is 24.3 Å². The number of hydrogen-bond acceptors (Lipinski definition) is 6. The van der Waals surface area contributed by atoms with Crippen LogP contribution in [0.1, 0.15) is 11.1 Å². The minimum absolute atomic E-state index is 0.0432. The molecule has 2 amide bonds. The number of nitrogens with zero attached hydrogens (tertiary/aromatic N) is 2. The SMILES string of the molecule is C=CCOc1ccc(/C=C2\SC(=O)N(Cc3ccc([N+](=O)[O-])cc3)C2=O)cc1. The average molecular weight is 396 g/mol. The van der Waals surface area contributed by atoms with E-state index in [1.807, 2.05) is 0 Å². The molecule has 0 spiro atoms. The highest BCUT2D eigenvalue weighted by Crippen LogP contribution is 2.33. The number of benzene rings is 2. The van der Waals surface area contributed by atoms with Crippen LogP contribution in [0.15, 0.2) is 66.1 Å². The van der Waals surface area contributed by atoms with E-state index in [0.29, 0.717) is 22.8 Å². The van der Waals surface area contributed by atoms with E-state index >= 15 is 0 Å². The largest absolute Gasteiger partial charge is 0.490 e. The molecule has 8 heteroatoms. The van der Waals surface area contributed by atoms with Gasteiger partial charge in [-0.25, -0.2) is 0 Å². The van der Waals surface area contributed by atoms with Gasteiger partial charge in [0.1, 0.15) is 12.4 Å². The summed E-state index contributed by atoms with van der Waals surface area (Å²) in [6, 6.07) is 12.9. The van der Waals surface area contributed by atoms with Gasteiger partial charge >= 0.3 is 0 Å². The van der Waals surface area contributed by atoms with Crippen molar-refractivity contribution in [2.24, 2.45) is 0 Å². The molecule has 0 radical (unpaired) electrons. The van der Waals surface area contributed by atoms with Crippen molar-refractivity contribution >= 4 is 34.7 Å². The van der Waals surface area contributed by atoms with Crippen molar-refractivity contribution in [3.63, 3.8) is 0 Å². The van der Waals surface area contributed by atoms with Crippen LogP contribution >= 0.6 is 11.8 Å². The molecule has 7 nitrogen and oxygen atoms in total. The molecule has 1 saturated heterocycles. The Balaban J connectivity index is 1.71. The maximum absolute atomic E-state index is 12.6. The Kier molecular flexibility index (Phi) is 5.90. The van der Waals surface area contributed by atoms with Gasteiger partial charge in [0.2, 0.25) is 0 Å². The molecule has 0 aromatic heterocycles. The first-order valence-electron chi connectivity index (χ1n) is 8.30. The molecular weight excluding hydrogens is 380 g/mol. The van der Waals surface area contributed by atoms with E-state index in [4.69, 9.17) is 4.74 Å². The number of ether oxygens (including phenoxy) is 1. The number of hydrogen-bond donors (Lipinski definition) is 0. The number of nitro benzene ring substituents is 1. The quantitative estimate of drug-likeness (QED) is 0.298. The predicted molar refractivity (Wildman–Crippen MR) is 107 cm³/mol. The lowest BCUT2D eigenvalue weighted by molar-refractivity contribution is -0.384. The van der Waals surface area contributed by atoms with Crippen LogP contribution in [0.5, 0.6) is 5.75 Å². The Labute approximate surface area is 165 Å². The highest BCUT2D eigenvalue weighted by atomic mass is 32.2. The van der Waals surface area contributed by atoms with Crippen LogP contribution in [0.2, 0.25) is 0 Å². The number of carbonyl (C=O) groups is 2. The maximum atomic E-state index is 12.6. The molecule has 3 rings (SSSR count). The van der Waals surface area contributed by atoms with Crippen molar-refractivity contribution in [3.8, 4) is 5.75 Å². The van der Waals surface area contributed by atoms with E-state index in [-0.39, 0.29) is 23.4 Å². The summed E-state index contributed by atoms with van der Waals surface area (Å²) in [6.07, 6.45) is 3.30. The second-order valence-electron chi connectivity index (χ2n) is 5.86. The van der Waals surface area contributed by atoms with Crippen molar-refractivity contribution in [3.05, 3.63) is 87.3 Å². The fourth-order valence-corrected chi connectivity index (χ4v) is 3.35. The van der Waals surface area contributed by atoms with Gasteiger partial charge < -0.3 is 4.74 Å². The monoisotopic (exact) mass is 396 g/mol. The molecule has 2 aromatic carbocycles. The van der Waals surface area contributed by atoms with Gasteiger partial charge in [0, 0.05) is 12.1 Å². The minimum Gasteiger partial charge on any atom is -0.490 e. The maximum Gasteiger partial charge on any atom is 0.293 e. The average Bonchev–Trinajstić information content (AvgIpc) is 2.95. The summed E-state index contributed by atoms with van der Waals surface area (Å²) in [4.78, 5) is 36.5. The van der Waals surface area contributed by atoms with Crippen LogP contribution in [0.3, 0.4) is 0 Å². The number of amides is 2. The predicted octanol–water partition coefficient (Wildman–Crippen LogP) is 4.40. The molecule has 0 unspecified atom stereocenters. The van der Waals surface area contributed by atoms with Crippen LogP contribution < -0.4 is 4.74 Å². The van der Waals surface area contributed by atoms with Gasteiger partial charge in [0.25, 0.3) is 16.8 Å². The third-order valence-electron chi connectivity index (χ3n) is 3.91. The molecule has 1 fully saturated rings. The number of carbonyl (C=O) groups excluding carboxylic acids is 2. The molecule has 1 heterocycles. The van der Waals surface area contributed by atoms with Crippen molar-refractivity contribution in [2.75, 3.05) is 6.61 Å². The minimum atomic E-state index is -0.500. The molecule has 0 bridgehead atoms. The standard InChI is InChI=1S/C20H16N2O5S/c1-2-11-27-17-9-5-14(6-10-17)12-18-19(23)21(20(24)28-18)13-15-3-7-16(8-4-15)22(25)26/h2-10,12H,1,11,13H2/b18-12-. The summed E-state index contributed by atoms with van der Waals surface area (Å²) in [5.41, 5.74) is 1.36. The summed E-state index contributed by atoms with van der Waals surface area (Å²) in [7, 11) is 0. The molecule has 0 saturated carbocycles. The number of non-ortho nitro benzene ring substituents is 1. The zero-order valence-corrected chi connectivity index (χ0v) is 15.6. The summed E-state index contributed by atoms with van der Waals surface area (Å²) < 4.78 is 5.41. The third-order valence-corrected chi connectivity index (χ3v) is 4.81. The number of imide groups is 1. The number of nitro groups is 1. The van der Waals surface area contributed by atoms with Crippen LogP contribution in [0.25, 0.3) is 6.08 Å². The Morgan fingerprint density at radius 2 is 1.79 bits per heavy atom. The van der Waals surface area contributed by atoms with E-state index in [9.17, 15) is 19.7 Å². The second-order valence-corrected chi connectivity index (χ2v) is 6.85. The van der Waals surface area contributed by atoms with Gasteiger partial charge in [-0.05, 0) is 41.1 Å². The molecule has 1 aliphatic heterocycles. The lowest BCUT2D eigenvalue weighted by atomic mass is 10.2. The first-order valence-corrected chi connectivity index (χ1v) is 9.12. The summed E-state index contributed by atoms with van der Waals surface area (Å²) in [6.45, 7) is 4.05. The van der Waals surface area contributed by atoms with E-state index in [2.05, 4.69) is 6.58 Å². The Bertz CT molecular complexity index is 952. The highest BCUT2D eigenvalue weighted by molar-refractivity contribution is 8.18. The molecular formula is C20H16N2O5S. The highest BCUT2D eigenvalue weighted by Gasteiger charge is 2.35. The first kappa shape index (κ1) is 19.4. The van der Waals surface area contributed by atoms with Gasteiger partial charge in [0.15, 0.2) is 0 Å². The first-order chi connectivity index (χ1) is 13.5. The molecule has 0 aliphatic carbocycles. The molecule has 2 aromatic rings. The fraction of sp³-hybridized carbons (Fsp3) is 0.100. The fourth-order valence-electron chi connectivity index (χ4n) is 2.51. The molecule has 28 heavy (non-hydrogen) atoms. The van der Waals surface area contributed by atoms with Crippen molar-refractivity contribution in [1.82, 2.24) is 4.90 Å². The smallest absolute Gasteiger partial charge is 0.293 e. The summed E-state index contributed by atoms with van der Waals surface area (Å²) in [5.74, 6) is 0.295. The third kappa shape index (κ3) is 4.47. The van der Waals surface area contributed by atoms with Crippen LogP contribution in [0.4, 0.5) is 10.5 Å². The number of thioether (sulfide) groups is 1. The van der Waals surface area contributed by atoms with Crippen LogP contribution in [0, 0.1) is 10.1 Å². The van der Waals surface area contributed by atoms with E-state index in [1.54, 1.807) is 36.4 Å². The lowest BCUT2D eigenvalue weighted by Gasteiger charge is -2.12. The van der Waals surface area contributed by atoms with E-state index in [0.717, 1.165) is 22.2 Å². The Morgan fingerprint density at radius 3 is 2.39 bits per heavy atom. The van der Waals surface area contributed by atoms with Gasteiger partial charge in [-0.2, -0.15) is 0 Å². The summed E-state index contributed by atoms with van der Waals surface area (Å²) >= 11 is 0.868. The van der Waals surface area contributed by atoms with Crippen LogP contribution in [-0.4, -0.2) is 27.6 Å². The van der Waals surface area contributed by atoms with Crippen molar-refractivity contribution in [1.29, 1.82) is 0 Å². The Morgan fingerprint density at radius 1 is 1.11 bits per heavy atom. The zero-order valence-electron chi connectivity index (χ0n) is 14.7. The topological polar surface area (TPSA) is 89.8 Å².